The van der Waals surface area contributed by atoms with Crippen LogP contribution in [0.1, 0.15) is 29.3 Å². The number of hydrogen-bond acceptors (Lipinski definition) is 3. The molecule has 1 aliphatic rings. The minimum absolute atomic E-state index is 0.643. The molecular weight excluding hydrogens is 266 g/mol. The summed E-state index contributed by atoms with van der Waals surface area (Å²) in [5, 5.41) is 3.40. The highest BCUT2D eigenvalue weighted by Crippen LogP contribution is 2.27. The zero-order valence-corrected chi connectivity index (χ0v) is 11.7. The Balaban J connectivity index is 1.78. The van der Waals surface area contributed by atoms with Crippen LogP contribution in [0.15, 0.2) is 24.7 Å². The second-order valence-electron chi connectivity index (χ2n) is 4.68. The lowest BCUT2D eigenvalue weighted by molar-refractivity contribution is 0.442. The number of aromatic nitrogens is 2. The van der Waals surface area contributed by atoms with Gasteiger partial charge in [-0.1, -0.05) is 11.6 Å². The van der Waals surface area contributed by atoms with Crippen LogP contribution in [0.2, 0.25) is 4.34 Å². The molecule has 1 saturated heterocycles. The van der Waals surface area contributed by atoms with Gasteiger partial charge >= 0.3 is 0 Å². The van der Waals surface area contributed by atoms with E-state index >= 15 is 0 Å². The predicted molar refractivity (Wildman–Crippen MR) is 75.5 cm³/mol. The van der Waals surface area contributed by atoms with Crippen LogP contribution < -0.4 is 5.32 Å². The van der Waals surface area contributed by atoms with E-state index in [1.807, 2.05) is 18.6 Å². The van der Waals surface area contributed by atoms with Crippen LogP contribution in [-0.2, 0) is 6.54 Å². The number of hydrogen-bond donors (Lipinski definition) is 1. The molecule has 0 unspecified atom stereocenters. The Morgan fingerprint density at radius 3 is 2.94 bits per heavy atom. The van der Waals surface area contributed by atoms with Crippen molar-refractivity contribution in [3.05, 3.63) is 39.6 Å². The lowest BCUT2D eigenvalue weighted by Gasteiger charge is -2.23. The Labute approximate surface area is 116 Å². The maximum absolute atomic E-state index is 5.97. The Morgan fingerprint density at radius 2 is 2.22 bits per heavy atom. The summed E-state index contributed by atoms with van der Waals surface area (Å²) < 4.78 is 3.12. The number of halogens is 1. The van der Waals surface area contributed by atoms with Gasteiger partial charge < -0.3 is 9.88 Å². The zero-order chi connectivity index (χ0) is 12.4. The SMILES string of the molecule is Clc1ccc(Cn2cncc2C2CCNCC2)s1. The van der Waals surface area contributed by atoms with Gasteiger partial charge in [-0.25, -0.2) is 4.98 Å². The van der Waals surface area contributed by atoms with E-state index in [9.17, 15) is 0 Å². The third-order valence-corrected chi connectivity index (χ3v) is 4.67. The molecule has 0 radical (unpaired) electrons. The van der Waals surface area contributed by atoms with Crippen molar-refractivity contribution in [2.45, 2.75) is 25.3 Å². The third-order valence-electron chi connectivity index (χ3n) is 3.46. The first-order valence-electron chi connectivity index (χ1n) is 6.28. The van der Waals surface area contributed by atoms with E-state index in [4.69, 9.17) is 11.6 Å². The Bertz CT molecular complexity index is 514. The van der Waals surface area contributed by atoms with Crippen molar-refractivity contribution in [3.63, 3.8) is 0 Å². The van der Waals surface area contributed by atoms with Crippen LogP contribution in [0.4, 0.5) is 0 Å². The molecule has 0 aliphatic carbocycles. The standard InChI is InChI=1S/C13H16ClN3S/c14-13-2-1-11(18-13)8-17-9-16-7-12(17)10-3-5-15-6-4-10/h1-2,7,9-10,15H,3-6,8H2. The normalized spacial score (nSPS) is 17.2. The average Bonchev–Trinajstić information content (AvgIpc) is 3.00. The van der Waals surface area contributed by atoms with Crippen molar-refractivity contribution in [1.29, 1.82) is 0 Å². The smallest absolute Gasteiger partial charge is 0.0951 e. The van der Waals surface area contributed by atoms with Crippen LogP contribution in [0.25, 0.3) is 0 Å². The van der Waals surface area contributed by atoms with E-state index in [0.717, 1.165) is 24.0 Å². The monoisotopic (exact) mass is 281 g/mol. The fourth-order valence-corrected chi connectivity index (χ4v) is 3.61. The van der Waals surface area contributed by atoms with Crippen LogP contribution in [0, 0.1) is 0 Å². The largest absolute Gasteiger partial charge is 0.329 e. The molecule has 0 bridgehead atoms. The molecule has 2 aromatic heterocycles. The highest BCUT2D eigenvalue weighted by molar-refractivity contribution is 7.16. The van der Waals surface area contributed by atoms with Crippen molar-refractivity contribution in [2.24, 2.45) is 0 Å². The van der Waals surface area contributed by atoms with Gasteiger partial charge in [0.1, 0.15) is 0 Å². The summed E-state index contributed by atoms with van der Waals surface area (Å²) in [4.78, 5) is 5.60. The van der Waals surface area contributed by atoms with E-state index in [2.05, 4.69) is 20.9 Å². The molecule has 5 heteroatoms. The molecular formula is C13H16ClN3S. The number of nitrogens with one attached hydrogen (secondary N) is 1. The number of thiophene rings is 1. The molecule has 1 N–H and O–H groups in total. The topological polar surface area (TPSA) is 29.9 Å². The number of nitrogens with zero attached hydrogens (tertiary/aromatic N) is 2. The van der Waals surface area contributed by atoms with Crippen LogP contribution in [0.5, 0.6) is 0 Å². The van der Waals surface area contributed by atoms with Crippen molar-refractivity contribution in [3.8, 4) is 0 Å². The van der Waals surface area contributed by atoms with Gasteiger partial charge in [0, 0.05) is 22.7 Å². The first-order valence-corrected chi connectivity index (χ1v) is 7.47. The van der Waals surface area contributed by atoms with E-state index < -0.39 is 0 Å². The van der Waals surface area contributed by atoms with E-state index in [0.29, 0.717) is 5.92 Å². The van der Waals surface area contributed by atoms with Gasteiger partial charge in [0.05, 0.1) is 17.2 Å². The Kier molecular flexibility index (Phi) is 3.68. The molecule has 0 atom stereocenters. The van der Waals surface area contributed by atoms with Gasteiger partial charge in [-0.3, -0.25) is 0 Å². The summed E-state index contributed by atoms with van der Waals surface area (Å²) in [5.41, 5.74) is 1.36. The van der Waals surface area contributed by atoms with Gasteiger partial charge in [-0.05, 0) is 38.1 Å². The van der Waals surface area contributed by atoms with Crippen molar-refractivity contribution >= 4 is 22.9 Å². The minimum Gasteiger partial charge on any atom is -0.329 e. The lowest BCUT2D eigenvalue weighted by atomic mass is 9.95. The quantitative estimate of drug-likeness (QED) is 0.937. The van der Waals surface area contributed by atoms with E-state index in [-0.39, 0.29) is 0 Å². The number of rotatable bonds is 3. The fourth-order valence-electron chi connectivity index (χ4n) is 2.53. The summed E-state index contributed by atoms with van der Waals surface area (Å²) in [7, 11) is 0. The Morgan fingerprint density at radius 1 is 1.39 bits per heavy atom. The molecule has 3 rings (SSSR count). The molecule has 1 fully saturated rings. The summed E-state index contributed by atoms with van der Waals surface area (Å²) in [6, 6.07) is 4.06. The predicted octanol–water partition coefficient (Wildman–Crippen LogP) is 3.11. The van der Waals surface area contributed by atoms with Crippen LogP contribution >= 0.6 is 22.9 Å². The highest BCUT2D eigenvalue weighted by Gasteiger charge is 2.18. The van der Waals surface area contributed by atoms with Crippen molar-refractivity contribution < 1.29 is 0 Å². The molecule has 96 valence electrons. The molecule has 3 heterocycles. The van der Waals surface area contributed by atoms with Gasteiger partial charge in [0.2, 0.25) is 0 Å². The van der Waals surface area contributed by atoms with Crippen LogP contribution in [-0.4, -0.2) is 22.6 Å². The first-order chi connectivity index (χ1) is 8.83. The molecule has 0 aromatic carbocycles. The van der Waals surface area contributed by atoms with Gasteiger partial charge in [0.15, 0.2) is 0 Å². The second-order valence-corrected chi connectivity index (χ2v) is 6.48. The van der Waals surface area contributed by atoms with Gasteiger partial charge in [-0.15, -0.1) is 11.3 Å². The molecule has 0 saturated carbocycles. The van der Waals surface area contributed by atoms with Gasteiger partial charge in [0.25, 0.3) is 0 Å². The molecule has 3 nitrogen and oxygen atoms in total. The lowest BCUT2D eigenvalue weighted by Crippen LogP contribution is -2.27. The highest BCUT2D eigenvalue weighted by atomic mass is 35.5. The number of piperidine rings is 1. The van der Waals surface area contributed by atoms with Gasteiger partial charge in [-0.2, -0.15) is 0 Å². The summed E-state index contributed by atoms with van der Waals surface area (Å²) in [5.74, 6) is 0.643. The van der Waals surface area contributed by atoms with E-state index in [1.54, 1.807) is 11.3 Å². The van der Waals surface area contributed by atoms with E-state index in [1.165, 1.54) is 23.4 Å². The van der Waals surface area contributed by atoms with Crippen molar-refractivity contribution in [1.82, 2.24) is 14.9 Å². The summed E-state index contributed by atoms with van der Waals surface area (Å²) >= 11 is 7.62. The first kappa shape index (κ1) is 12.2. The summed E-state index contributed by atoms with van der Waals surface area (Å²) in [6.45, 7) is 3.11. The second kappa shape index (κ2) is 5.43. The maximum Gasteiger partial charge on any atom is 0.0951 e. The average molecular weight is 282 g/mol. The van der Waals surface area contributed by atoms with Crippen molar-refractivity contribution in [2.75, 3.05) is 13.1 Å². The molecule has 1 aliphatic heterocycles. The third kappa shape index (κ3) is 2.60. The summed E-state index contributed by atoms with van der Waals surface area (Å²) in [6.07, 6.45) is 6.37. The molecule has 0 amide bonds. The maximum atomic E-state index is 5.97. The van der Waals surface area contributed by atoms with Crippen LogP contribution in [0.3, 0.4) is 0 Å². The minimum atomic E-state index is 0.643. The number of imidazole rings is 1. The molecule has 18 heavy (non-hydrogen) atoms. The Hall–Kier alpha value is -0.840. The molecule has 0 spiro atoms. The zero-order valence-electron chi connectivity index (χ0n) is 10.1. The fraction of sp³-hybridized carbons (Fsp3) is 0.462. The molecule has 2 aromatic rings.